The Morgan fingerprint density at radius 3 is 2.40 bits per heavy atom. The van der Waals surface area contributed by atoms with E-state index in [9.17, 15) is 8.42 Å². The lowest BCUT2D eigenvalue weighted by Crippen LogP contribution is -2.14. The standard InChI is InChI=1S/C13H11ClINO3S/c1-19-12-7-2-9(14)8-13(12)20(17,18)16-11-5-3-10(15)4-6-11/h2-8,16H,1H3. The van der Waals surface area contributed by atoms with Gasteiger partial charge in [-0.1, -0.05) is 11.6 Å². The number of nitrogens with one attached hydrogen (secondary N) is 1. The third-order valence-corrected chi connectivity index (χ3v) is 4.87. The Kier molecular flexibility index (Phi) is 4.77. The Hall–Kier alpha value is -0.990. The Balaban J connectivity index is 2.40. The van der Waals surface area contributed by atoms with Gasteiger partial charge < -0.3 is 4.74 Å². The van der Waals surface area contributed by atoms with Gasteiger partial charge >= 0.3 is 0 Å². The van der Waals surface area contributed by atoms with E-state index in [1.165, 1.54) is 19.2 Å². The normalized spacial score (nSPS) is 11.2. The maximum Gasteiger partial charge on any atom is 0.265 e. The first-order valence-corrected chi connectivity index (χ1v) is 8.48. The van der Waals surface area contributed by atoms with E-state index in [1.807, 2.05) is 12.1 Å². The molecule has 2 rings (SSSR count). The molecule has 7 heteroatoms. The summed E-state index contributed by atoms with van der Waals surface area (Å²) in [5.41, 5.74) is 0.479. The average molecular weight is 424 g/mol. The van der Waals surface area contributed by atoms with Crippen LogP contribution in [-0.2, 0) is 10.0 Å². The van der Waals surface area contributed by atoms with E-state index in [1.54, 1.807) is 18.2 Å². The molecule has 0 unspecified atom stereocenters. The van der Waals surface area contributed by atoms with E-state index < -0.39 is 10.0 Å². The number of ether oxygens (including phenoxy) is 1. The van der Waals surface area contributed by atoms with E-state index >= 15 is 0 Å². The van der Waals surface area contributed by atoms with Crippen molar-refractivity contribution < 1.29 is 13.2 Å². The molecular formula is C13H11ClINO3S. The summed E-state index contributed by atoms with van der Waals surface area (Å²) in [6, 6.07) is 11.5. The SMILES string of the molecule is COc1ccc(Cl)cc1S(=O)(=O)Nc1ccc(I)cc1. The minimum Gasteiger partial charge on any atom is -0.495 e. The third-order valence-electron chi connectivity index (χ3n) is 2.51. The van der Waals surface area contributed by atoms with Crippen LogP contribution < -0.4 is 9.46 Å². The van der Waals surface area contributed by atoms with Gasteiger partial charge in [-0.3, -0.25) is 4.72 Å². The van der Waals surface area contributed by atoms with Gasteiger partial charge in [0.2, 0.25) is 0 Å². The molecule has 0 bridgehead atoms. The zero-order valence-electron chi connectivity index (χ0n) is 10.4. The molecule has 4 nitrogen and oxygen atoms in total. The number of halogens is 2. The van der Waals surface area contributed by atoms with Crippen LogP contribution >= 0.6 is 34.2 Å². The van der Waals surface area contributed by atoms with Crippen LogP contribution in [0.3, 0.4) is 0 Å². The second-order valence-electron chi connectivity index (χ2n) is 3.91. The molecule has 2 aromatic carbocycles. The average Bonchev–Trinajstić information content (AvgIpc) is 2.41. The highest BCUT2D eigenvalue weighted by molar-refractivity contribution is 14.1. The lowest BCUT2D eigenvalue weighted by molar-refractivity contribution is 0.403. The molecule has 0 aliphatic heterocycles. The summed E-state index contributed by atoms with van der Waals surface area (Å²) in [7, 11) is -2.34. The van der Waals surface area contributed by atoms with E-state index in [4.69, 9.17) is 16.3 Å². The molecule has 0 spiro atoms. The van der Waals surface area contributed by atoms with Crippen LogP contribution in [0.25, 0.3) is 0 Å². The Labute approximate surface area is 136 Å². The molecule has 0 saturated heterocycles. The Morgan fingerprint density at radius 2 is 1.80 bits per heavy atom. The van der Waals surface area contributed by atoms with Crippen LogP contribution in [0, 0.1) is 3.57 Å². The monoisotopic (exact) mass is 423 g/mol. The second-order valence-corrected chi connectivity index (χ2v) is 7.24. The van der Waals surface area contributed by atoms with Gasteiger partial charge in [-0.2, -0.15) is 0 Å². The summed E-state index contributed by atoms with van der Waals surface area (Å²) in [5, 5.41) is 0.328. The van der Waals surface area contributed by atoms with Crippen molar-refractivity contribution in [1.82, 2.24) is 0 Å². The molecule has 0 heterocycles. The maximum absolute atomic E-state index is 12.4. The fraction of sp³-hybridized carbons (Fsp3) is 0.0769. The molecule has 0 aliphatic carbocycles. The molecule has 0 aromatic heterocycles. The highest BCUT2D eigenvalue weighted by Crippen LogP contribution is 2.28. The summed E-state index contributed by atoms with van der Waals surface area (Å²) in [6.07, 6.45) is 0. The summed E-state index contributed by atoms with van der Waals surface area (Å²) in [4.78, 5) is 0.00560. The van der Waals surface area contributed by atoms with Gasteiger partial charge in [0.05, 0.1) is 7.11 Å². The van der Waals surface area contributed by atoms with Gasteiger partial charge in [0.25, 0.3) is 10.0 Å². The first-order valence-electron chi connectivity index (χ1n) is 5.54. The maximum atomic E-state index is 12.4. The predicted octanol–water partition coefficient (Wildman–Crippen LogP) is 3.75. The summed E-state index contributed by atoms with van der Waals surface area (Å²) >= 11 is 8.00. The molecule has 0 amide bonds. The number of rotatable bonds is 4. The van der Waals surface area contributed by atoms with Crippen LogP contribution in [0.2, 0.25) is 5.02 Å². The molecule has 0 atom stereocenters. The van der Waals surface area contributed by atoms with Crippen LogP contribution in [0.15, 0.2) is 47.4 Å². The summed E-state index contributed by atoms with van der Waals surface area (Å²) in [6.45, 7) is 0. The van der Waals surface area contributed by atoms with Gasteiger partial charge in [0, 0.05) is 14.3 Å². The summed E-state index contributed by atoms with van der Waals surface area (Å²) in [5.74, 6) is 0.243. The highest BCUT2D eigenvalue weighted by atomic mass is 127. The number of benzene rings is 2. The molecule has 20 heavy (non-hydrogen) atoms. The van der Waals surface area contributed by atoms with Crippen molar-refractivity contribution in [2.24, 2.45) is 0 Å². The zero-order chi connectivity index (χ0) is 14.8. The second kappa shape index (κ2) is 6.19. The van der Waals surface area contributed by atoms with Crippen LogP contribution in [0.4, 0.5) is 5.69 Å². The van der Waals surface area contributed by atoms with Crippen LogP contribution in [-0.4, -0.2) is 15.5 Å². The lowest BCUT2D eigenvalue weighted by Gasteiger charge is -2.12. The molecule has 1 N–H and O–H groups in total. The minimum atomic E-state index is -3.75. The molecule has 106 valence electrons. The van der Waals surface area contributed by atoms with E-state index in [0.29, 0.717) is 10.7 Å². The van der Waals surface area contributed by atoms with Crippen molar-refractivity contribution in [1.29, 1.82) is 0 Å². The van der Waals surface area contributed by atoms with Crippen molar-refractivity contribution in [2.75, 3.05) is 11.8 Å². The molecular weight excluding hydrogens is 413 g/mol. The Bertz CT molecular complexity index is 717. The largest absolute Gasteiger partial charge is 0.495 e. The molecule has 0 saturated carbocycles. The quantitative estimate of drug-likeness (QED) is 0.762. The van der Waals surface area contributed by atoms with Crippen molar-refractivity contribution in [3.8, 4) is 5.75 Å². The van der Waals surface area contributed by atoms with Gasteiger partial charge in [-0.15, -0.1) is 0 Å². The Morgan fingerprint density at radius 1 is 1.15 bits per heavy atom. The van der Waals surface area contributed by atoms with Gasteiger partial charge in [0.15, 0.2) is 0 Å². The summed E-state index contributed by atoms with van der Waals surface area (Å²) < 4.78 is 33.3. The fourth-order valence-corrected chi connectivity index (χ4v) is 3.44. The molecule has 0 fully saturated rings. The van der Waals surface area contributed by atoms with Crippen LogP contribution in [0.5, 0.6) is 5.75 Å². The van der Waals surface area contributed by atoms with E-state index in [-0.39, 0.29) is 10.6 Å². The van der Waals surface area contributed by atoms with Gasteiger partial charge in [-0.25, -0.2) is 8.42 Å². The zero-order valence-corrected chi connectivity index (χ0v) is 14.2. The van der Waals surface area contributed by atoms with Crippen molar-refractivity contribution in [3.63, 3.8) is 0 Å². The molecule has 0 aliphatic rings. The van der Waals surface area contributed by atoms with Crippen molar-refractivity contribution >= 4 is 49.9 Å². The molecule has 2 aromatic rings. The van der Waals surface area contributed by atoms with E-state index in [0.717, 1.165) is 3.57 Å². The first kappa shape index (κ1) is 15.4. The van der Waals surface area contributed by atoms with Gasteiger partial charge in [-0.05, 0) is 65.1 Å². The lowest BCUT2D eigenvalue weighted by atomic mass is 10.3. The third kappa shape index (κ3) is 3.56. The number of hydrogen-bond acceptors (Lipinski definition) is 3. The van der Waals surface area contributed by atoms with Gasteiger partial charge in [0.1, 0.15) is 10.6 Å². The number of sulfonamides is 1. The van der Waals surface area contributed by atoms with Crippen molar-refractivity contribution in [2.45, 2.75) is 4.90 Å². The molecule has 0 radical (unpaired) electrons. The predicted molar refractivity (Wildman–Crippen MR) is 88.0 cm³/mol. The number of methoxy groups -OCH3 is 1. The highest BCUT2D eigenvalue weighted by Gasteiger charge is 2.20. The van der Waals surface area contributed by atoms with Crippen molar-refractivity contribution in [3.05, 3.63) is 51.1 Å². The fourth-order valence-electron chi connectivity index (χ4n) is 1.59. The van der Waals surface area contributed by atoms with E-state index in [2.05, 4.69) is 27.3 Å². The van der Waals surface area contributed by atoms with Crippen LogP contribution in [0.1, 0.15) is 0 Å². The number of anilines is 1. The minimum absolute atomic E-state index is 0.00560. The first-order chi connectivity index (χ1) is 9.42. The smallest absolute Gasteiger partial charge is 0.265 e. The number of hydrogen-bond donors (Lipinski definition) is 1. The topological polar surface area (TPSA) is 55.4 Å².